The van der Waals surface area contributed by atoms with E-state index in [2.05, 4.69) is 10.6 Å². The van der Waals surface area contributed by atoms with E-state index >= 15 is 0 Å². The van der Waals surface area contributed by atoms with Crippen molar-refractivity contribution >= 4 is 23.2 Å². The Kier molecular flexibility index (Phi) is 6.52. The fourth-order valence-electron chi connectivity index (χ4n) is 2.99. The zero-order valence-electron chi connectivity index (χ0n) is 17.7. The van der Waals surface area contributed by atoms with Gasteiger partial charge < -0.3 is 15.4 Å². The molecule has 1 unspecified atom stereocenters. The van der Waals surface area contributed by atoms with Gasteiger partial charge in [-0.1, -0.05) is 30.3 Å². The summed E-state index contributed by atoms with van der Waals surface area (Å²) in [5, 5.41) is 5.69. The molecule has 0 fully saturated rings. The monoisotopic (exact) mass is 402 g/mol. The molecule has 0 bridgehead atoms. The summed E-state index contributed by atoms with van der Waals surface area (Å²) in [6.45, 7) is 7.58. The summed E-state index contributed by atoms with van der Waals surface area (Å²) in [5.74, 6) is 0.160. The van der Waals surface area contributed by atoms with Crippen LogP contribution in [0, 0.1) is 20.8 Å². The van der Waals surface area contributed by atoms with E-state index in [-0.39, 0.29) is 11.8 Å². The molecular weight excluding hydrogens is 376 g/mol. The van der Waals surface area contributed by atoms with Gasteiger partial charge in [0.1, 0.15) is 5.75 Å². The highest BCUT2D eigenvalue weighted by Crippen LogP contribution is 2.21. The van der Waals surface area contributed by atoms with Crippen molar-refractivity contribution in [2.45, 2.75) is 33.8 Å². The highest BCUT2D eigenvalue weighted by molar-refractivity contribution is 6.05. The molecule has 5 heteroatoms. The topological polar surface area (TPSA) is 67.4 Å². The molecule has 3 rings (SSSR count). The van der Waals surface area contributed by atoms with Crippen molar-refractivity contribution in [2.24, 2.45) is 0 Å². The second-order valence-electron chi connectivity index (χ2n) is 7.42. The minimum atomic E-state index is -0.685. The van der Waals surface area contributed by atoms with Gasteiger partial charge in [0.05, 0.1) is 0 Å². The van der Waals surface area contributed by atoms with Gasteiger partial charge in [-0.15, -0.1) is 0 Å². The number of hydrogen-bond donors (Lipinski definition) is 2. The molecule has 0 aliphatic carbocycles. The van der Waals surface area contributed by atoms with E-state index in [1.54, 1.807) is 31.2 Å². The highest BCUT2D eigenvalue weighted by atomic mass is 16.5. The summed E-state index contributed by atoms with van der Waals surface area (Å²) < 4.78 is 5.84. The van der Waals surface area contributed by atoms with E-state index in [4.69, 9.17) is 4.74 Å². The van der Waals surface area contributed by atoms with Crippen LogP contribution in [-0.4, -0.2) is 17.9 Å². The van der Waals surface area contributed by atoms with E-state index in [1.807, 2.05) is 63.2 Å². The zero-order valence-corrected chi connectivity index (χ0v) is 17.7. The van der Waals surface area contributed by atoms with Crippen molar-refractivity contribution in [3.63, 3.8) is 0 Å². The Bertz CT molecular complexity index is 1080. The van der Waals surface area contributed by atoms with Crippen LogP contribution in [0.15, 0.2) is 66.7 Å². The van der Waals surface area contributed by atoms with Crippen LogP contribution in [0.2, 0.25) is 0 Å². The van der Waals surface area contributed by atoms with E-state index in [9.17, 15) is 9.59 Å². The number of hydrogen-bond acceptors (Lipinski definition) is 3. The van der Waals surface area contributed by atoms with Gasteiger partial charge >= 0.3 is 0 Å². The molecule has 2 amide bonds. The third-order valence-corrected chi connectivity index (χ3v) is 4.68. The van der Waals surface area contributed by atoms with Crippen molar-refractivity contribution in [3.05, 3.63) is 89.0 Å². The SMILES string of the molecule is Cc1cccc(NC(=O)c2cccc(NC(=O)C(C)Oc3cc(C)ccc3C)c2)c1. The molecular formula is C25H26N2O3. The average Bonchev–Trinajstić information content (AvgIpc) is 2.71. The van der Waals surface area contributed by atoms with Crippen molar-refractivity contribution in [1.29, 1.82) is 0 Å². The van der Waals surface area contributed by atoms with Gasteiger partial charge in [0.2, 0.25) is 0 Å². The van der Waals surface area contributed by atoms with Gasteiger partial charge in [0.25, 0.3) is 11.8 Å². The maximum Gasteiger partial charge on any atom is 0.265 e. The predicted octanol–water partition coefficient (Wildman–Crippen LogP) is 5.27. The van der Waals surface area contributed by atoms with Crippen molar-refractivity contribution in [2.75, 3.05) is 10.6 Å². The number of carbonyl (C=O) groups excluding carboxylic acids is 2. The first-order valence-electron chi connectivity index (χ1n) is 9.84. The fourth-order valence-corrected chi connectivity index (χ4v) is 2.99. The van der Waals surface area contributed by atoms with Crippen LogP contribution >= 0.6 is 0 Å². The number of ether oxygens (including phenoxy) is 1. The lowest BCUT2D eigenvalue weighted by Gasteiger charge is -2.17. The molecule has 0 aromatic heterocycles. The molecule has 0 radical (unpaired) electrons. The van der Waals surface area contributed by atoms with Gasteiger partial charge in [0.15, 0.2) is 6.10 Å². The van der Waals surface area contributed by atoms with Crippen LogP contribution in [0.3, 0.4) is 0 Å². The van der Waals surface area contributed by atoms with Crippen LogP contribution in [0.5, 0.6) is 5.75 Å². The third-order valence-electron chi connectivity index (χ3n) is 4.68. The Morgan fingerprint density at radius 1 is 0.800 bits per heavy atom. The smallest absolute Gasteiger partial charge is 0.265 e. The Hall–Kier alpha value is -3.60. The molecule has 154 valence electrons. The third kappa shape index (κ3) is 5.47. The Morgan fingerprint density at radius 3 is 2.20 bits per heavy atom. The molecule has 1 atom stereocenters. The average molecular weight is 402 g/mol. The van der Waals surface area contributed by atoms with E-state index in [1.165, 1.54) is 0 Å². The lowest BCUT2D eigenvalue weighted by molar-refractivity contribution is -0.122. The molecule has 0 heterocycles. The Labute approximate surface area is 177 Å². The largest absolute Gasteiger partial charge is 0.481 e. The number of anilines is 2. The zero-order chi connectivity index (χ0) is 21.7. The quantitative estimate of drug-likeness (QED) is 0.590. The standard InChI is InChI=1S/C25H26N2O3/c1-16-7-5-9-21(13-16)27-25(29)20-8-6-10-22(15-20)26-24(28)19(4)30-23-14-17(2)11-12-18(23)3/h5-15,19H,1-4H3,(H,26,28)(H,27,29). The van der Waals surface area contributed by atoms with Gasteiger partial charge in [-0.2, -0.15) is 0 Å². The highest BCUT2D eigenvalue weighted by Gasteiger charge is 2.17. The summed E-state index contributed by atoms with van der Waals surface area (Å²) >= 11 is 0. The van der Waals surface area contributed by atoms with Gasteiger partial charge in [-0.3, -0.25) is 9.59 Å². The summed E-state index contributed by atoms with van der Waals surface area (Å²) in [5.41, 5.74) is 4.81. The lowest BCUT2D eigenvalue weighted by atomic mass is 10.1. The summed E-state index contributed by atoms with van der Waals surface area (Å²) in [4.78, 5) is 25.1. The molecule has 3 aromatic rings. The number of rotatable bonds is 6. The molecule has 0 saturated heterocycles. The summed E-state index contributed by atoms with van der Waals surface area (Å²) in [6, 6.07) is 20.3. The Balaban J connectivity index is 1.66. The van der Waals surface area contributed by atoms with Gasteiger partial charge in [-0.05, 0) is 80.8 Å². The maximum atomic E-state index is 12.6. The van der Waals surface area contributed by atoms with Crippen LogP contribution in [0.1, 0.15) is 34.0 Å². The number of carbonyl (C=O) groups is 2. The molecule has 5 nitrogen and oxygen atoms in total. The first-order chi connectivity index (χ1) is 14.3. The molecule has 30 heavy (non-hydrogen) atoms. The molecule has 0 aliphatic heterocycles. The molecule has 0 spiro atoms. The van der Waals surface area contributed by atoms with Crippen LogP contribution in [-0.2, 0) is 4.79 Å². The summed E-state index contributed by atoms with van der Waals surface area (Å²) in [6.07, 6.45) is -0.685. The molecule has 2 N–H and O–H groups in total. The predicted molar refractivity (Wildman–Crippen MR) is 120 cm³/mol. The van der Waals surface area contributed by atoms with Crippen LogP contribution in [0.25, 0.3) is 0 Å². The van der Waals surface area contributed by atoms with E-state index in [0.717, 1.165) is 22.4 Å². The Morgan fingerprint density at radius 2 is 1.47 bits per heavy atom. The van der Waals surface area contributed by atoms with Crippen molar-refractivity contribution < 1.29 is 14.3 Å². The second-order valence-corrected chi connectivity index (χ2v) is 7.42. The van der Waals surface area contributed by atoms with Crippen molar-refractivity contribution in [3.8, 4) is 5.75 Å². The van der Waals surface area contributed by atoms with Gasteiger partial charge in [-0.25, -0.2) is 0 Å². The molecule has 0 saturated carbocycles. The van der Waals surface area contributed by atoms with E-state index in [0.29, 0.717) is 17.0 Å². The number of benzene rings is 3. The van der Waals surface area contributed by atoms with Crippen LogP contribution in [0.4, 0.5) is 11.4 Å². The molecule has 3 aromatic carbocycles. The van der Waals surface area contributed by atoms with Crippen molar-refractivity contribution in [1.82, 2.24) is 0 Å². The first kappa shape index (κ1) is 21.1. The summed E-state index contributed by atoms with van der Waals surface area (Å²) in [7, 11) is 0. The van der Waals surface area contributed by atoms with Crippen LogP contribution < -0.4 is 15.4 Å². The minimum absolute atomic E-state index is 0.239. The first-order valence-corrected chi connectivity index (χ1v) is 9.84. The minimum Gasteiger partial charge on any atom is -0.481 e. The number of aryl methyl sites for hydroxylation is 3. The maximum absolute atomic E-state index is 12.6. The van der Waals surface area contributed by atoms with E-state index < -0.39 is 6.10 Å². The molecule has 0 aliphatic rings. The number of amides is 2. The second kappa shape index (κ2) is 9.27. The number of nitrogens with one attached hydrogen (secondary N) is 2. The van der Waals surface area contributed by atoms with Gasteiger partial charge in [0, 0.05) is 16.9 Å². The lowest BCUT2D eigenvalue weighted by Crippen LogP contribution is -2.30. The normalized spacial score (nSPS) is 11.5. The fraction of sp³-hybridized carbons (Fsp3) is 0.200.